The van der Waals surface area contributed by atoms with Crippen LogP contribution in [0.1, 0.15) is 22.4 Å². The lowest BCUT2D eigenvalue weighted by atomic mass is 10.0. The van der Waals surface area contributed by atoms with Crippen molar-refractivity contribution >= 4 is 5.65 Å². The number of hydrogen-bond acceptors (Lipinski definition) is 1. The average molecular weight is 430 g/mol. The van der Waals surface area contributed by atoms with Gasteiger partial charge < -0.3 is 0 Å². The lowest BCUT2D eigenvalue weighted by Crippen LogP contribution is -2.09. The van der Waals surface area contributed by atoms with Gasteiger partial charge >= 0.3 is 12.4 Å². The first kappa shape index (κ1) is 20.5. The molecule has 0 radical (unpaired) electrons. The van der Waals surface area contributed by atoms with Crippen LogP contribution in [0.4, 0.5) is 26.3 Å². The van der Waals surface area contributed by atoms with E-state index in [1.807, 2.05) is 6.07 Å². The van der Waals surface area contributed by atoms with Gasteiger partial charge in [0.05, 0.1) is 17.3 Å². The molecule has 0 atom stereocenters. The van der Waals surface area contributed by atoms with Crippen LogP contribution in [0.5, 0.6) is 0 Å². The second-order valence-corrected chi connectivity index (χ2v) is 6.67. The molecule has 156 valence electrons. The molecule has 8 heteroatoms. The van der Waals surface area contributed by atoms with Crippen LogP contribution >= 0.6 is 0 Å². The summed E-state index contributed by atoms with van der Waals surface area (Å²) in [6, 6.07) is 13.7. The standard InChI is InChI=1S/C23H12F6N2/c24-22(25,26)18-9-7-16(8-10-18)17-12-20(23(27,28)29)21-30-13-19(31(21)14-17)11-6-15-4-2-1-3-5-15/h1-5,7-10,12-14H. The Balaban J connectivity index is 1.86. The van der Waals surface area contributed by atoms with Crippen LogP contribution in [0, 0.1) is 11.8 Å². The number of alkyl halides is 6. The molecule has 0 aliphatic heterocycles. The van der Waals surface area contributed by atoms with Gasteiger partial charge in [0.1, 0.15) is 11.3 Å². The molecule has 31 heavy (non-hydrogen) atoms. The van der Waals surface area contributed by atoms with E-state index in [9.17, 15) is 26.3 Å². The third-order valence-corrected chi connectivity index (χ3v) is 4.57. The van der Waals surface area contributed by atoms with Crippen molar-refractivity contribution < 1.29 is 26.3 Å². The molecular formula is C23H12F6N2. The van der Waals surface area contributed by atoms with E-state index in [0.717, 1.165) is 30.3 Å². The van der Waals surface area contributed by atoms with E-state index in [1.165, 1.54) is 16.8 Å². The van der Waals surface area contributed by atoms with Crippen LogP contribution in [0.3, 0.4) is 0 Å². The van der Waals surface area contributed by atoms with E-state index in [1.54, 1.807) is 24.3 Å². The Morgan fingerprint density at radius 1 is 0.742 bits per heavy atom. The zero-order valence-corrected chi connectivity index (χ0v) is 15.6. The fraction of sp³-hybridized carbons (Fsp3) is 0.0870. The Kier molecular flexibility index (Phi) is 4.97. The van der Waals surface area contributed by atoms with Gasteiger partial charge in [-0.05, 0) is 47.4 Å². The fourth-order valence-corrected chi connectivity index (χ4v) is 3.06. The van der Waals surface area contributed by atoms with Crippen LogP contribution in [0.2, 0.25) is 0 Å². The molecule has 4 rings (SSSR count). The minimum Gasteiger partial charge on any atom is -0.292 e. The molecule has 0 unspecified atom stereocenters. The van der Waals surface area contributed by atoms with Gasteiger partial charge in [-0.1, -0.05) is 36.3 Å². The molecule has 0 saturated heterocycles. The van der Waals surface area contributed by atoms with Crippen LogP contribution in [-0.4, -0.2) is 9.38 Å². The Bertz CT molecular complexity index is 1290. The summed E-state index contributed by atoms with van der Waals surface area (Å²) in [5.41, 5.74) is -1.03. The number of pyridine rings is 1. The Morgan fingerprint density at radius 3 is 2.03 bits per heavy atom. The third-order valence-electron chi connectivity index (χ3n) is 4.57. The molecule has 0 fully saturated rings. The molecule has 4 aromatic rings. The van der Waals surface area contributed by atoms with Crippen molar-refractivity contribution in [1.82, 2.24) is 9.38 Å². The first-order valence-electron chi connectivity index (χ1n) is 8.96. The highest BCUT2D eigenvalue weighted by atomic mass is 19.4. The molecule has 0 aliphatic carbocycles. The predicted octanol–water partition coefficient (Wildman–Crippen LogP) is 6.44. The van der Waals surface area contributed by atoms with Gasteiger partial charge in [-0.15, -0.1) is 0 Å². The number of benzene rings is 2. The molecule has 0 aliphatic rings. The first-order valence-corrected chi connectivity index (χ1v) is 8.96. The molecule has 2 heterocycles. The van der Waals surface area contributed by atoms with Gasteiger partial charge in [0, 0.05) is 11.8 Å². The van der Waals surface area contributed by atoms with Gasteiger partial charge in [0.2, 0.25) is 0 Å². The fourth-order valence-electron chi connectivity index (χ4n) is 3.06. The number of hydrogen-bond donors (Lipinski definition) is 0. The summed E-state index contributed by atoms with van der Waals surface area (Å²) in [5.74, 6) is 5.67. The van der Waals surface area contributed by atoms with Gasteiger partial charge in [-0.25, -0.2) is 4.98 Å². The SMILES string of the molecule is FC(F)(F)c1ccc(-c2cc(C(F)(F)F)c3ncc(C#Cc4ccccc4)n3c2)cc1. The van der Waals surface area contributed by atoms with Crippen molar-refractivity contribution in [2.24, 2.45) is 0 Å². The highest BCUT2D eigenvalue weighted by molar-refractivity contribution is 5.69. The molecule has 2 nitrogen and oxygen atoms in total. The largest absolute Gasteiger partial charge is 0.420 e. The predicted molar refractivity (Wildman–Crippen MR) is 103 cm³/mol. The second-order valence-electron chi connectivity index (χ2n) is 6.67. The van der Waals surface area contributed by atoms with Gasteiger partial charge in [-0.3, -0.25) is 4.40 Å². The molecule has 2 aromatic carbocycles. The maximum absolute atomic E-state index is 13.7. The van der Waals surface area contributed by atoms with E-state index in [2.05, 4.69) is 16.8 Å². The number of imidazole rings is 1. The van der Waals surface area contributed by atoms with Crippen LogP contribution in [-0.2, 0) is 12.4 Å². The molecular weight excluding hydrogens is 418 g/mol. The number of fused-ring (bicyclic) bond motifs is 1. The number of halogens is 6. The molecule has 0 N–H and O–H groups in total. The van der Waals surface area contributed by atoms with E-state index in [0.29, 0.717) is 5.56 Å². The normalized spacial score (nSPS) is 11.9. The van der Waals surface area contributed by atoms with Crippen molar-refractivity contribution in [3.05, 3.63) is 95.4 Å². The summed E-state index contributed by atoms with van der Waals surface area (Å²) in [6.07, 6.45) is -6.63. The summed E-state index contributed by atoms with van der Waals surface area (Å²) >= 11 is 0. The highest BCUT2D eigenvalue weighted by Gasteiger charge is 2.35. The van der Waals surface area contributed by atoms with Gasteiger partial charge in [-0.2, -0.15) is 26.3 Å². The molecule has 2 aromatic heterocycles. The van der Waals surface area contributed by atoms with Crippen LogP contribution in [0.25, 0.3) is 16.8 Å². The molecule has 0 bridgehead atoms. The zero-order chi connectivity index (χ0) is 22.2. The van der Waals surface area contributed by atoms with E-state index in [-0.39, 0.29) is 22.5 Å². The minimum atomic E-state index is -4.71. The van der Waals surface area contributed by atoms with Crippen molar-refractivity contribution in [3.63, 3.8) is 0 Å². The van der Waals surface area contributed by atoms with Crippen molar-refractivity contribution in [2.45, 2.75) is 12.4 Å². The van der Waals surface area contributed by atoms with E-state index in [4.69, 9.17) is 0 Å². The Hall–Kier alpha value is -3.73. The number of rotatable bonds is 1. The Labute approximate surface area is 172 Å². The summed E-state index contributed by atoms with van der Waals surface area (Å²) < 4.78 is 80.6. The number of aromatic nitrogens is 2. The molecule has 0 spiro atoms. The van der Waals surface area contributed by atoms with Gasteiger partial charge in [0.15, 0.2) is 0 Å². The Morgan fingerprint density at radius 2 is 1.42 bits per heavy atom. The molecule has 0 saturated carbocycles. The molecule has 0 amide bonds. The monoisotopic (exact) mass is 430 g/mol. The quantitative estimate of drug-likeness (QED) is 0.251. The maximum Gasteiger partial charge on any atom is 0.420 e. The lowest BCUT2D eigenvalue weighted by Gasteiger charge is -2.12. The summed E-state index contributed by atoms with van der Waals surface area (Å²) in [7, 11) is 0. The third kappa shape index (κ3) is 4.26. The van der Waals surface area contributed by atoms with Crippen molar-refractivity contribution in [1.29, 1.82) is 0 Å². The van der Waals surface area contributed by atoms with Crippen LogP contribution < -0.4 is 0 Å². The first-order chi connectivity index (χ1) is 14.6. The number of nitrogens with zero attached hydrogens (tertiary/aromatic N) is 2. The lowest BCUT2D eigenvalue weighted by molar-refractivity contribution is -0.138. The minimum absolute atomic E-state index is 0.0920. The van der Waals surface area contributed by atoms with Crippen LogP contribution in [0.15, 0.2) is 73.1 Å². The second kappa shape index (κ2) is 7.51. The maximum atomic E-state index is 13.7. The van der Waals surface area contributed by atoms with E-state index < -0.39 is 23.5 Å². The van der Waals surface area contributed by atoms with E-state index >= 15 is 0 Å². The summed E-state index contributed by atoms with van der Waals surface area (Å²) in [6.45, 7) is 0. The zero-order valence-electron chi connectivity index (χ0n) is 15.6. The summed E-state index contributed by atoms with van der Waals surface area (Å²) in [5, 5.41) is 0. The summed E-state index contributed by atoms with van der Waals surface area (Å²) in [4.78, 5) is 3.87. The van der Waals surface area contributed by atoms with Crippen molar-refractivity contribution in [3.8, 4) is 23.0 Å². The van der Waals surface area contributed by atoms with Crippen molar-refractivity contribution in [2.75, 3.05) is 0 Å². The smallest absolute Gasteiger partial charge is 0.292 e. The highest BCUT2D eigenvalue weighted by Crippen LogP contribution is 2.36. The van der Waals surface area contributed by atoms with Gasteiger partial charge in [0.25, 0.3) is 0 Å². The average Bonchev–Trinajstić information content (AvgIpc) is 3.14. The topological polar surface area (TPSA) is 17.3 Å².